The second-order valence-electron chi connectivity index (χ2n) is 4.93. The van der Waals surface area contributed by atoms with Gasteiger partial charge in [0.25, 0.3) is 0 Å². The van der Waals surface area contributed by atoms with Crippen LogP contribution in [0.4, 0.5) is 5.69 Å². The normalized spacial score (nSPS) is 14.7. The van der Waals surface area contributed by atoms with Crippen molar-refractivity contribution >= 4 is 5.69 Å². The molecule has 0 bridgehead atoms. The van der Waals surface area contributed by atoms with E-state index in [0.717, 1.165) is 31.7 Å². The van der Waals surface area contributed by atoms with E-state index in [4.69, 9.17) is 5.73 Å². The van der Waals surface area contributed by atoms with Crippen LogP contribution in [-0.4, -0.2) is 11.4 Å². The fourth-order valence-electron chi connectivity index (χ4n) is 2.61. The topological polar surface area (TPSA) is 29.3 Å². The van der Waals surface area contributed by atoms with Gasteiger partial charge in [0.05, 0.1) is 0 Å². The maximum Gasteiger partial charge on any atom is 0.0363 e. The van der Waals surface area contributed by atoms with E-state index in [-0.39, 0.29) is 0 Å². The van der Waals surface area contributed by atoms with E-state index in [1.165, 1.54) is 16.7 Å². The number of hydrogen-bond acceptors (Lipinski definition) is 2. The molecule has 2 aromatic rings. The van der Waals surface area contributed by atoms with E-state index in [9.17, 15) is 0 Å². The summed E-state index contributed by atoms with van der Waals surface area (Å²) in [7, 11) is 0. The van der Waals surface area contributed by atoms with Crippen LogP contribution in [0.25, 0.3) is 0 Å². The Balaban J connectivity index is 1.63. The van der Waals surface area contributed by atoms with Gasteiger partial charge in [-0.2, -0.15) is 0 Å². The smallest absolute Gasteiger partial charge is 0.0363 e. The zero-order chi connectivity index (χ0) is 12.4. The first kappa shape index (κ1) is 11.3. The molecule has 0 spiro atoms. The predicted octanol–water partition coefficient (Wildman–Crippen LogP) is 2.83. The summed E-state index contributed by atoms with van der Waals surface area (Å²) in [5, 5.41) is 0. The van der Waals surface area contributed by atoms with Crippen molar-refractivity contribution in [3.05, 3.63) is 65.2 Å². The molecule has 92 valence electrons. The molecule has 0 unspecified atom stereocenters. The third-order valence-corrected chi connectivity index (χ3v) is 3.64. The zero-order valence-electron chi connectivity index (χ0n) is 10.5. The quantitative estimate of drug-likeness (QED) is 0.833. The second kappa shape index (κ2) is 4.83. The monoisotopic (exact) mass is 238 g/mol. The van der Waals surface area contributed by atoms with Gasteiger partial charge in [-0.1, -0.05) is 42.5 Å². The van der Waals surface area contributed by atoms with Crippen LogP contribution in [0.1, 0.15) is 16.7 Å². The van der Waals surface area contributed by atoms with Crippen molar-refractivity contribution < 1.29 is 0 Å². The van der Waals surface area contributed by atoms with E-state index < -0.39 is 0 Å². The minimum atomic E-state index is 0.940. The maximum atomic E-state index is 6.01. The molecule has 0 aliphatic carbocycles. The minimum Gasteiger partial charge on any atom is -0.398 e. The number of anilines is 1. The Morgan fingerprint density at radius 2 is 1.78 bits per heavy atom. The Labute approximate surface area is 108 Å². The molecule has 1 heterocycles. The van der Waals surface area contributed by atoms with Crippen LogP contribution >= 0.6 is 0 Å². The average molecular weight is 238 g/mol. The first-order valence-electron chi connectivity index (χ1n) is 6.45. The maximum absolute atomic E-state index is 6.01. The van der Waals surface area contributed by atoms with E-state index in [1.54, 1.807) is 0 Å². The van der Waals surface area contributed by atoms with Crippen molar-refractivity contribution in [2.24, 2.45) is 0 Å². The first-order chi connectivity index (χ1) is 8.83. The number of fused-ring (bicyclic) bond motifs is 1. The molecular formula is C16H18N2. The summed E-state index contributed by atoms with van der Waals surface area (Å²) in [6, 6.07) is 16.9. The van der Waals surface area contributed by atoms with Gasteiger partial charge in [0, 0.05) is 25.3 Å². The Kier molecular flexibility index (Phi) is 3.03. The number of benzene rings is 2. The number of nitrogens with zero attached hydrogens (tertiary/aromatic N) is 1. The zero-order valence-corrected chi connectivity index (χ0v) is 10.5. The van der Waals surface area contributed by atoms with E-state index in [2.05, 4.69) is 47.4 Å². The third kappa shape index (κ3) is 2.24. The fraction of sp³-hybridized carbons (Fsp3) is 0.250. The minimum absolute atomic E-state index is 0.940. The Bertz CT molecular complexity index is 534. The summed E-state index contributed by atoms with van der Waals surface area (Å²) in [4.78, 5) is 2.47. The molecule has 0 saturated heterocycles. The molecule has 2 nitrogen and oxygen atoms in total. The molecule has 0 atom stereocenters. The molecule has 2 N–H and O–H groups in total. The van der Waals surface area contributed by atoms with Gasteiger partial charge in [0.2, 0.25) is 0 Å². The average Bonchev–Trinajstić information content (AvgIpc) is 2.82. The largest absolute Gasteiger partial charge is 0.398 e. The van der Waals surface area contributed by atoms with E-state index in [0.29, 0.717) is 0 Å². The highest BCUT2D eigenvalue weighted by molar-refractivity contribution is 5.52. The first-order valence-corrected chi connectivity index (χ1v) is 6.45. The molecule has 0 aromatic heterocycles. The number of nitrogens with two attached hydrogens (primary N) is 1. The molecule has 2 aromatic carbocycles. The third-order valence-electron chi connectivity index (χ3n) is 3.64. The summed E-state index contributed by atoms with van der Waals surface area (Å²) < 4.78 is 0. The lowest BCUT2D eigenvalue weighted by Gasteiger charge is -2.14. The van der Waals surface area contributed by atoms with Gasteiger partial charge in [-0.15, -0.1) is 0 Å². The van der Waals surface area contributed by atoms with Gasteiger partial charge in [0.1, 0.15) is 0 Å². The Hall–Kier alpha value is -1.80. The summed E-state index contributed by atoms with van der Waals surface area (Å²) >= 11 is 0. The van der Waals surface area contributed by atoms with Gasteiger partial charge in [0.15, 0.2) is 0 Å². The number of rotatable bonds is 3. The summed E-state index contributed by atoms with van der Waals surface area (Å²) in [5.74, 6) is 0. The van der Waals surface area contributed by atoms with Crippen LogP contribution in [0.3, 0.4) is 0 Å². The van der Waals surface area contributed by atoms with Gasteiger partial charge < -0.3 is 5.73 Å². The summed E-state index contributed by atoms with van der Waals surface area (Å²) in [6.07, 6.45) is 1.11. The highest BCUT2D eigenvalue weighted by Crippen LogP contribution is 2.27. The summed E-state index contributed by atoms with van der Waals surface area (Å²) in [6.45, 7) is 3.13. The lowest BCUT2D eigenvalue weighted by molar-refractivity contribution is 0.288. The molecule has 1 aliphatic rings. The lowest BCUT2D eigenvalue weighted by atomic mass is 10.1. The predicted molar refractivity (Wildman–Crippen MR) is 75.1 cm³/mol. The van der Waals surface area contributed by atoms with Crippen LogP contribution in [0, 0.1) is 0 Å². The molecule has 0 radical (unpaired) electrons. The molecule has 1 aliphatic heterocycles. The molecule has 0 amide bonds. The van der Waals surface area contributed by atoms with Crippen LogP contribution < -0.4 is 5.73 Å². The number of hydrogen-bond donors (Lipinski definition) is 1. The number of nitrogen functional groups attached to an aromatic ring is 1. The second-order valence-corrected chi connectivity index (χ2v) is 4.93. The van der Waals surface area contributed by atoms with Crippen LogP contribution in [-0.2, 0) is 19.5 Å². The van der Waals surface area contributed by atoms with Crippen molar-refractivity contribution in [1.29, 1.82) is 0 Å². The molecule has 18 heavy (non-hydrogen) atoms. The molecule has 0 saturated carbocycles. The standard InChI is InChI=1S/C16H18N2/c17-16-8-4-7-14-11-18(12-15(14)16)10-9-13-5-2-1-3-6-13/h1-8H,9-12,17H2. The van der Waals surface area contributed by atoms with Gasteiger partial charge in [-0.25, -0.2) is 0 Å². The SMILES string of the molecule is Nc1cccc2c1CN(CCc1ccccc1)C2. The molecular weight excluding hydrogens is 220 g/mol. The van der Waals surface area contributed by atoms with Gasteiger partial charge in [-0.05, 0) is 29.2 Å². The fourth-order valence-corrected chi connectivity index (χ4v) is 2.61. The van der Waals surface area contributed by atoms with Crippen molar-refractivity contribution in [3.8, 4) is 0 Å². The molecule has 0 fully saturated rings. The van der Waals surface area contributed by atoms with Crippen molar-refractivity contribution in [3.63, 3.8) is 0 Å². The highest BCUT2D eigenvalue weighted by atomic mass is 15.1. The van der Waals surface area contributed by atoms with Crippen molar-refractivity contribution in [2.75, 3.05) is 12.3 Å². The Morgan fingerprint density at radius 1 is 0.944 bits per heavy atom. The van der Waals surface area contributed by atoms with E-state index >= 15 is 0 Å². The van der Waals surface area contributed by atoms with Crippen LogP contribution in [0.2, 0.25) is 0 Å². The van der Waals surface area contributed by atoms with Crippen molar-refractivity contribution in [1.82, 2.24) is 4.90 Å². The van der Waals surface area contributed by atoms with Crippen LogP contribution in [0.5, 0.6) is 0 Å². The van der Waals surface area contributed by atoms with Gasteiger partial charge >= 0.3 is 0 Å². The van der Waals surface area contributed by atoms with E-state index in [1.807, 2.05) is 6.07 Å². The lowest BCUT2D eigenvalue weighted by Crippen LogP contribution is -2.19. The Morgan fingerprint density at radius 3 is 2.56 bits per heavy atom. The van der Waals surface area contributed by atoms with Crippen molar-refractivity contribution in [2.45, 2.75) is 19.5 Å². The molecule has 2 heteroatoms. The van der Waals surface area contributed by atoms with Gasteiger partial charge in [-0.3, -0.25) is 4.90 Å². The van der Waals surface area contributed by atoms with Crippen LogP contribution in [0.15, 0.2) is 48.5 Å². The highest BCUT2D eigenvalue weighted by Gasteiger charge is 2.19. The molecule has 3 rings (SSSR count). The summed E-state index contributed by atoms with van der Waals surface area (Å²) in [5.41, 5.74) is 11.1.